The van der Waals surface area contributed by atoms with Gasteiger partial charge in [0.05, 0.1) is 12.2 Å². The molecule has 0 aromatic carbocycles. The lowest BCUT2D eigenvalue weighted by Gasteiger charge is -2.16. The molecule has 0 bridgehead atoms. The second-order valence-electron chi connectivity index (χ2n) is 12.0. The van der Waals surface area contributed by atoms with Crippen LogP contribution in [0.3, 0.4) is 0 Å². The van der Waals surface area contributed by atoms with Crippen molar-refractivity contribution in [2.75, 3.05) is 13.2 Å². The van der Waals surface area contributed by atoms with Crippen LogP contribution in [0.1, 0.15) is 136 Å². The van der Waals surface area contributed by atoms with Crippen LogP contribution in [0.4, 0.5) is 0 Å². The van der Waals surface area contributed by atoms with Gasteiger partial charge in [-0.15, -0.1) is 0 Å². The Labute approximate surface area is 268 Å². The smallest absolute Gasteiger partial charge is 0.305 e. The number of aliphatic hydroxyl groups is 3. The summed E-state index contributed by atoms with van der Waals surface area (Å²) in [6.45, 7) is 6.20. The number of unbranched alkanes of at least 4 members (excludes halogenated alkanes) is 7. The molecule has 0 radical (unpaired) electrons. The van der Waals surface area contributed by atoms with Gasteiger partial charge in [0.25, 0.3) is 0 Å². The highest BCUT2D eigenvalue weighted by Crippen LogP contribution is 2.13. The summed E-state index contributed by atoms with van der Waals surface area (Å²) in [5, 5.41) is 30.3. The summed E-state index contributed by atoms with van der Waals surface area (Å²) >= 11 is 0. The number of hydrogen-bond donors (Lipinski definition) is 3. The van der Waals surface area contributed by atoms with E-state index in [4.69, 9.17) is 9.47 Å². The van der Waals surface area contributed by atoms with Crippen molar-refractivity contribution in [3.63, 3.8) is 0 Å². The molecular formula is C37H64O7. The SMILES string of the molecule is CC/C=C\C/C=C\C/C=C\C/C=C\C[C@H](O)[C@@H](O)CCCC(=O)OC[C@H](O)COC(=O)CCCCCCCCCCC(C)C. The topological polar surface area (TPSA) is 113 Å². The van der Waals surface area contributed by atoms with Crippen molar-refractivity contribution in [2.45, 2.75) is 155 Å². The lowest BCUT2D eigenvalue weighted by Crippen LogP contribution is -2.26. The van der Waals surface area contributed by atoms with Crippen LogP contribution in [0.2, 0.25) is 0 Å². The number of rotatable bonds is 29. The maximum atomic E-state index is 12.0. The van der Waals surface area contributed by atoms with E-state index in [1.807, 2.05) is 12.2 Å². The molecule has 3 atom stereocenters. The molecule has 254 valence electrons. The molecule has 0 aromatic heterocycles. The highest BCUT2D eigenvalue weighted by Gasteiger charge is 2.16. The Morgan fingerprint density at radius 1 is 0.568 bits per heavy atom. The van der Waals surface area contributed by atoms with E-state index in [0.717, 1.165) is 50.9 Å². The van der Waals surface area contributed by atoms with Crippen molar-refractivity contribution in [1.29, 1.82) is 0 Å². The van der Waals surface area contributed by atoms with Gasteiger partial charge in [-0.05, 0) is 57.3 Å². The number of aliphatic hydroxyl groups excluding tert-OH is 3. The molecule has 7 heteroatoms. The van der Waals surface area contributed by atoms with E-state index in [1.54, 1.807) is 0 Å². The second kappa shape index (κ2) is 30.8. The minimum absolute atomic E-state index is 0.0677. The largest absolute Gasteiger partial charge is 0.463 e. The first-order chi connectivity index (χ1) is 21.3. The first-order valence-corrected chi connectivity index (χ1v) is 17.2. The zero-order valence-corrected chi connectivity index (χ0v) is 28.0. The van der Waals surface area contributed by atoms with Gasteiger partial charge >= 0.3 is 11.9 Å². The standard InChI is InChI=1S/C37H64O7/c1-4-5-6-7-8-9-10-11-12-16-19-22-26-34(39)35(40)27-24-29-37(42)44-31-33(38)30-43-36(41)28-23-20-17-14-13-15-18-21-25-32(2)3/h5-6,8-9,11-12,19,22,32-35,38-40H,4,7,10,13-18,20-21,23-31H2,1-3H3/b6-5-,9-8-,12-11-,22-19-/t33-,34+,35+/m1/s1. The molecule has 0 rings (SSSR count). The van der Waals surface area contributed by atoms with Gasteiger partial charge in [-0.3, -0.25) is 9.59 Å². The summed E-state index contributed by atoms with van der Waals surface area (Å²) in [6.07, 6.45) is 29.3. The van der Waals surface area contributed by atoms with Crippen LogP contribution >= 0.6 is 0 Å². The highest BCUT2D eigenvalue weighted by molar-refractivity contribution is 5.69. The summed E-state index contributed by atoms with van der Waals surface area (Å²) in [4.78, 5) is 23.8. The molecule has 7 nitrogen and oxygen atoms in total. The maximum absolute atomic E-state index is 12.0. The molecule has 0 aromatic rings. The zero-order valence-electron chi connectivity index (χ0n) is 28.0. The monoisotopic (exact) mass is 620 g/mol. The third-order valence-corrected chi connectivity index (χ3v) is 7.21. The third-order valence-electron chi connectivity index (χ3n) is 7.21. The van der Waals surface area contributed by atoms with E-state index in [-0.39, 0.29) is 32.0 Å². The number of allylic oxidation sites excluding steroid dienone is 7. The summed E-state index contributed by atoms with van der Waals surface area (Å²) < 4.78 is 10.1. The van der Waals surface area contributed by atoms with E-state index in [0.29, 0.717) is 19.3 Å². The Hall–Kier alpha value is -2.22. The van der Waals surface area contributed by atoms with Crippen molar-refractivity contribution in [1.82, 2.24) is 0 Å². The molecule has 0 heterocycles. The van der Waals surface area contributed by atoms with Crippen molar-refractivity contribution in [2.24, 2.45) is 5.92 Å². The molecule has 0 aliphatic heterocycles. The Kier molecular flexibility index (Phi) is 29.2. The molecule has 3 N–H and O–H groups in total. The van der Waals surface area contributed by atoms with Crippen molar-refractivity contribution < 1.29 is 34.4 Å². The van der Waals surface area contributed by atoms with Gasteiger partial charge < -0.3 is 24.8 Å². The third kappa shape index (κ3) is 29.8. The van der Waals surface area contributed by atoms with Crippen LogP contribution in [0.5, 0.6) is 0 Å². The Balaban J connectivity index is 3.76. The maximum Gasteiger partial charge on any atom is 0.305 e. The Morgan fingerprint density at radius 2 is 1.02 bits per heavy atom. The summed E-state index contributed by atoms with van der Waals surface area (Å²) in [5.41, 5.74) is 0. The predicted molar refractivity (Wildman–Crippen MR) is 180 cm³/mol. The molecular weight excluding hydrogens is 556 g/mol. The molecule has 0 unspecified atom stereocenters. The van der Waals surface area contributed by atoms with Gasteiger partial charge in [0.2, 0.25) is 0 Å². The molecule has 0 saturated carbocycles. The normalized spacial score (nSPS) is 14.3. The van der Waals surface area contributed by atoms with Gasteiger partial charge in [-0.25, -0.2) is 0 Å². The average Bonchev–Trinajstić information content (AvgIpc) is 3.00. The summed E-state index contributed by atoms with van der Waals surface area (Å²) in [7, 11) is 0. The van der Waals surface area contributed by atoms with Gasteiger partial charge in [0.1, 0.15) is 19.3 Å². The van der Waals surface area contributed by atoms with E-state index in [1.165, 1.54) is 38.5 Å². The molecule has 44 heavy (non-hydrogen) atoms. The zero-order chi connectivity index (χ0) is 32.7. The van der Waals surface area contributed by atoms with Gasteiger partial charge in [0, 0.05) is 12.8 Å². The first kappa shape index (κ1) is 41.8. The molecule has 0 aliphatic carbocycles. The Bertz CT molecular complexity index is 800. The molecule has 0 spiro atoms. The van der Waals surface area contributed by atoms with Crippen LogP contribution in [0, 0.1) is 5.92 Å². The highest BCUT2D eigenvalue weighted by atomic mass is 16.6. The second-order valence-corrected chi connectivity index (χ2v) is 12.0. The quantitative estimate of drug-likeness (QED) is 0.0440. The number of ether oxygens (including phenoxy) is 2. The number of carbonyl (C=O) groups excluding carboxylic acids is 2. The Morgan fingerprint density at radius 3 is 1.55 bits per heavy atom. The van der Waals surface area contributed by atoms with Crippen molar-refractivity contribution >= 4 is 11.9 Å². The lowest BCUT2D eigenvalue weighted by molar-refractivity contribution is -0.152. The van der Waals surface area contributed by atoms with E-state index in [9.17, 15) is 24.9 Å². The van der Waals surface area contributed by atoms with Crippen LogP contribution < -0.4 is 0 Å². The fraction of sp³-hybridized carbons (Fsp3) is 0.730. The summed E-state index contributed by atoms with van der Waals surface area (Å²) in [5.74, 6) is -0.0607. The fourth-order valence-electron chi connectivity index (χ4n) is 4.47. The summed E-state index contributed by atoms with van der Waals surface area (Å²) in [6, 6.07) is 0. The lowest BCUT2D eigenvalue weighted by atomic mass is 10.0. The van der Waals surface area contributed by atoms with Crippen LogP contribution in [0.25, 0.3) is 0 Å². The van der Waals surface area contributed by atoms with E-state index >= 15 is 0 Å². The van der Waals surface area contributed by atoms with Crippen LogP contribution in [-0.4, -0.2) is 58.8 Å². The van der Waals surface area contributed by atoms with Crippen molar-refractivity contribution in [3.05, 3.63) is 48.6 Å². The fourth-order valence-corrected chi connectivity index (χ4v) is 4.47. The van der Waals surface area contributed by atoms with Crippen LogP contribution in [-0.2, 0) is 19.1 Å². The van der Waals surface area contributed by atoms with E-state index < -0.39 is 24.3 Å². The number of hydrogen-bond acceptors (Lipinski definition) is 7. The van der Waals surface area contributed by atoms with Gasteiger partial charge in [0.15, 0.2) is 0 Å². The predicted octanol–water partition coefficient (Wildman–Crippen LogP) is 8.08. The van der Waals surface area contributed by atoms with E-state index in [2.05, 4.69) is 57.2 Å². The number of esters is 2. The van der Waals surface area contributed by atoms with Crippen molar-refractivity contribution in [3.8, 4) is 0 Å². The minimum Gasteiger partial charge on any atom is -0.463 e. The van der Waals surface area contributed by atoms with Gasteiger partial charge in [-0.1, -0.05) is 121 Å². The first-order valence-electron chi connectivity index (χ1n) is 17.2. The molecule has 0 fully saturated rings. The van der Waals surface area contributed by atoms with Gasteiger partial charge in [-0.2, -0.15) is 0 Å². The minimum atomic E-state index is -1.07. The molecule has 0 saturated heterocycles. The van der Waals surface area contributed by atoms with Crippen LogP contribution in [0.15, 0.2) is 48.6 Å². The number of carbonyl (C=O) groups is 2. The molecule has 0 amide bonds. The average molecular weight is 621 g/mol. The molecule has 0 aliphatic rings.